The average molecular weight is 231 g/mol. The largest absolute Gasteiger partial charge is 0.355 e. The Balaban J connectivity index is 2.17. The number of hydrogen-bond donors (Lipinski definition) is 1. The topological polar surface area (TPSA) is 64.7 Å². The smallest absolute Gasteiger partial charge is 0.255 e. The molecule has 2 aromatic heterocycles. The third-order valence-electron chi connectivity index (χ3n) is 2.93. The van der Waals surface area contributed by atoms with Gasteiger partial charge in [0.1, 0.15) is 0 Å². The van der Waals surface area contributed by atoms with E-state index in [9.17, 15) is 4.79 Å². The number of nitrogens with one attached hydrogen (secondary N) is 1. The highest BCUT2D eigenvalue weighted by atomic mass is 16.1. The quantitative estimate of drug-likeness (QED) is 0.774. The lowest BCUT2D eigenvalue weighted by molar-refractivity contribution is 0.596. The van der Waals surface area contributed by atoms with Crippen molar-refractivity contribution in [2.75, 3.05) is 11.9 Å². The summed E-state index contributed by atoms with van der Waals surface area (Å²) in [5, 5.41) is 7.23. The van der Waals surface area contributed by atoms with Gasteiger partial charge in [-0.3, -0.25) is 14.0 Å². The van der Waals surface area contributed by atoms with Crippen LogP contribution in [0.25, 0.3) is 11.4 Å². The van der Waals surface area contributed by atoms with E-state index in [1.807, 2.05) is 13.1 Å². The first-order valence-electron chi connectivity index (χ1n) is 5.60. The Morgan fingerprint density at radius 1 is 1.47 bits per heavy atom. The van der Waals surface area contributed by atoms with Gasteiger partial charge in [-0.15, -0.1) is 0 Å². The SMILES string of the molecule is Cn1nccc1-c1cc(=O)n2c(n1)NCCC2. The van der Waals surface area contributed by atoms with E-state index in [4.69, 9.17) is 0 Å². The number of aryl methyl sites for hydroxylation is 1. The van der Waals surface area contributed by atoms with E-state index in [0.717, 1.165) is 25.2 Å². The third-order valence-corrected chi connectivity index (χ3v) is 2.93. The van der Waals surface area contributed by atoms with Crippen molar-refractivity contribution in [3.05, 3.63) is 28.7 Å². The zero-order valence-corrected chi connectivity index (χ0v) is 9.55. The molecular weight excluding hydrogens is 218 g/mol. The molecule has 0 aliphatic carbocycles. The summed E-state index contributed by atoms with van der Waals surface area (Å²) in [6.45, 7) is 1.60. The molecule has 1 aliphatic rings. The van der Waals surface area contributed by atoms with Gasteiger partial charge in [0.05, 0.1) is 11.4 Å². The summed E-state index contributed by atoms with van der Waals surface area (Å²) < 4.78 is 3.38. The minimum absolute atomic E-state index is 0.0154. The second kappa shape index (κ2) is 3.73. The Hall–Kier alpha value is -2.11. The van der Waals surface area contributed by atoms with Crippen LogP contribution in [0.2, 0.25) is 0 Å². The van der Waals surface area contributed by atoms with E-state index >= 15 is 0 Å². The maximum Gasteiger partial charge on any atom is 0.255 e. The molecule has 1 N–H and O–H groups in total. The van der Waals surface area contributed by atoms with Gasteiger partial charge >= 0.3 is 0 Å². The molecule has 3 rings (SSSR count). The van der Waals surface area contributed by atoms with Gasteiger partial charge in [-0.25, -0.2) is 4.98 Å². The van der Waals surface area contributed by atoms with Crippen LogP contribution in [0, 0.1) is 0 Å². The molecule has 0 atom stereocenters. The fraction of sp³-hybridized carbons (Fsp3) is 0.364. The first kappa shape index (κ1) is 10.1. The Labute approximate surface area is 97.9 Å². The zero-order chi connectivity index (χ0) is 11.8. The van der Waals surface area contributed by atoms with Gasteiger partial charge in [0.15, 0.2) is 0 Å². The molecule has 1 aliphatic heterocycles. The van der Waals surface area contributed by atoms with Crippen LogP contribution in [0.1, 0.15) is 6.42 Å². The number of rotatable bonds is 1. The lowest BCUT2D eigenvalue weighted by Gasteiger charge is -2.19. The second-order valence-electron chi connectivity index (χ2n) is 4.08. The number of nitrogens with zero attached hydrogens (tertiary/aromatic N) is 4. The van der Waals surface area contributed by atoms with Crippen LogP contribution in [-0.2, 0) is 13.6 Å². The lowest BCUT2D eigenvalue weighted by Crippen LogP contribution is -2.30. The standard InChI is InChI=1S/C11H13N5O/c1-15-9(3-5-13-15)8-7-10(17)16-6-2-4-12-11(16)14-8/h3,5,7H,2,4,6H2,1H3,(H,12,14). The van der Waals surface area contributed by atoms with Crippen molar-refractivity contribution in [2.24, 2.45) is 7.05 Å². The molecule has 17 heavy (non-hydrogen) atoms. The van der Waals surface area contributed by atoms with Crippen molar-refractivity contribution in [3.63, 3.8) is 0 Å². The van der Waals surface area contributed by atoms with Crippen LogP contribution >= 0.6 is 0 Å². The van der Waals surface area contributed by atoms with Crippen molar-refractivity contribution in [3.8, 4) is 11.4 Å². The first-order chi connectivity index (χ1) is 8.25. The second-order valence-corrected chi connectivity index (χ2v) is 4.08. The lowest BCUT2D eigenvalue weighted by atomic mass is 10.3. The Kier molecular flexibility index (Phi) is 2.21. The summed E-state index contributed by atoms with van der Waals surface area (Å²) >= 11 is 0. The molecule has 88 valence electrons. The van der Waals surface area contributed by atoms with Gasteiger partial charge in [-0.05, 0) is 12.5 Å². The van der Waals surface area contributed by atoms with E-state index in [0.29, 0.717) is 11.6 Å². The minimum Gasteiger partial charge on any atom is -0.355 e. The Bertz CT molecular complexity index is 613. The molecule has 6 nitrogen and oxygen atoms in total. The molecule has 0 spiro atoms. The zero-order valence-electron chi connectivity index (χ0n) is 9.55. The number of fused-ring (bicyclic) bond motifs is 1. The maximum atomic E-state index is 11.9. The van der Waals surface area contributed by atoms with E-state index < -0.39 is 0 Å². The van der Waals surface area contributed by atoms with Gasteiger partial charge in [0.2, 0.25) is 5.95 Å². The van der Waals surface area contributed by atoms with Gasteiger partial charge in [0, 0.05) is 32.4 Å². The fourth-order valence-corrected chi connectivity index (χ4v) is 2.05. The van der Waals surface area contributed by atoms with Gasteiger partial charge in [-0.1, -0.05) is 0 Å². The molecule has 0 unspecified atom stereocenters. The van der Waals surface area contributed by atoms with E-state index in [1.54, 1.807) is 21.5 Å². The first-order valence-corrected chi connectivity index (χ1v) is 5.60. The molecule has 0 bridgehead atoms. The van der Waals surface area contributed by atoms with Crippen LogP contribution in [-0.4, -0.2) is 25.9 Å². The summed E-state index contributed by atoms with van der Waals surface area (Å²) in [6, 6.07) is 3.41. The highest BCUT2D eigenvalue weighted by molar-refractivity contribution is 5.55. The van der Waals surface area contributed by atoms with Gasteiger partial charge in [-0.2, -0.15) is 5.10 Å². The maximum absolute atomic E-state index is 11.9. The molecule has 0 amide bonds. The van der Waals surface area contributed by atoms with E-state index in [-0.39, 0.29) is 5.56 Å². The normalized spacial score (nSPS) is 14.2. The van der Waals surface area contributed by atoms with E-state index in [1.165, 1.54) is 0 Å². The highest BCUT2D eigenvalue weighted by Crippen LogP contribution is 2.17. The summed E-state index contributed by atoms with van der Waals surface area (Å²) in [4.78, 5) is 16.4. The predicted molar refractivity (Wildman–Crippen MR) is 63.8 cm³/mol. The van der Waals surface area contributed by atoms with Crippen molar-refractivity contribution in [1.29, 1.82) is 0 Å². The van der Waals surface area contributed by atoms with Crippen LogP contribution < -0.4 is 10.9 Å². The van der Waals surface area contributed by atoms with Crippen LogP contribution in [0.3, 0.4) is 0 Å². The fourth-order valence-electron chi connectivity index (χ4n) is 2.05. The molecule has 0 saturated heterocycles. The highest BCUT2D eigenvalue weighted by Gasteiger charge is 2.14. The average Bonchev–Trinajstić information content (AvgIpc) is 2.75. The third kappa shape index (κ3) is 1.61. The van der Waals surface area contributed by atoms with Crippen LogP contribution in [0.15, 0.2) is 23.1 Å². The van der Waals surface area contributed by atoms with Crippen molar-refractivity contribution < 1.29 is 0 Å². The molecular formula is C11H13N5O. The monoisotopic (exact) mass is 231 g/mol. The Morgan fingerprint density at radius 3 is 3.12 bits per heavy atom. The number of aromatic nitrogens is 4. The summed E-state index contributed by atoms with van der Waals surface area (Å²) in [7, 11) is 1.83. The van der Waals surface area contributed by atoms with Crippen LogP contribution in [0.5, 0.6) is 0 Å². The molecule has 3 heterocycles. The van der Waals surface area contributed by atoms with Crippen molar-refractivity contribution >= 4 is 5.95 Å². The van der Waals surface area contributed by atoms with Crippen molar-refractivity contribution in [2.45, 2.75) is 13.0 Å². The van der Waals surface area contributed by atoms with E-state index in [2.05, 4.69) is 15.4 Å². The molecule has 0 radical (unpaired) electrons. The Morgan fingerprint density at radius 2 is 2.35 bits per heavy atom. The number of anilines is 1. The van der Waals surface area contributed by atoms with Crippen molar-refractivity contribution in [1.82, 2.24) is 19.3 Å². The molecule has 2 aromatic rings. The van der Waals surface area contributed by atoms with Gasteiger partial charge < -0.3 is 5.32 Å². The molecule has 6 heteroatoms. The van der Waals surface area contributed by atoms with Gasteiger partial charge in [0.25, 0.3) is 5.56 Å². The predicted octanol–water partition coefficient (Wildman–Crippen LogP) is 0.459. The summed E-state index contributed by atoms with van der Waals surface area (Å²) in [5.41, 5.74) is 1.49. The minimum atomic E-state index is -0.0154. The summed E-state index contributed by atoms with van der Waals surface area (Å²) in [6.07, 6.45) is 2.65. The van der Waals surface area contributed by atoms with Crippen LogP contribution in [0.4, 0.5) is 5.95 Å². The number of hydrogen-bond acceptors (Lipinski definition) is 4. The summed E-state index contributed by atoms with van der Waals surface area (Å²) in [5.74, 6) is 0.653. The molecule has 0 saturated carbocycles. The molecule has 0 fully saturated rings. The molecule has 0 aromatic carbocycles.